The lowest BCUT2D eigenvalue weighted by Crippen LogP contribution is -2.57. The Morgan fingerprint density at radius 2 is 2.04 bits per heavy atom. The molecule has 0 saturated carbocycles. The lowest BCUT2D eigenvalue weighted by atomic mass is 9.93. The summed E-state index contributed by atoms with van der Waals surface area (Å²) in [6.07, 6.45) is 0.974. The van der Waals surface area contributed by atoms with Crippen molar-refractivity contribution in [3.8, 4) is 0 Å². The fraction of sp³-hybridized carbons (Fsp3) is 0.556. The van der Waals surface area contributed by atoms with Gasteiger partial charge in [0.05, 0.1) is 15.5 Å². The average molecular weight is 433 g/mol. The number of piperidine rings is 1. The predicted molar refractivity (Wildman–Crippen MR) is 110 cm³/mol. The van der Waals surface area contributed by atoms with E-state index in [0.717, 1.165) is 19.0 Å². The number of carbonyl (C=O) groups excluding carboxylic acids is 2. The van der Waals surface area contributed by atoms with Gasteiger partial charge in [-0.25, -0.2) is 0 Å². The SMILES string of the molecule is CC(C)C(NC(=O)c1ccc([N+](=O)[O-])cc1Cl)C(=O)NC1CNCCC1C.Cl. The summed E-state index contributed by atoms with van der Waals surface area (Å²) in [6, 6.07) is 2.89. The summed E-state index contributed by atoms with van der Waals surface area (Å²) in [6.45, 7) is 7.39. The first-order valence-corrected chi connectivity index (χ1v) is 9.34. The van der Waals surface area contributed by atoms with Crippen molar-refractivity contribution >= 4 is 41.5 Å². The highest BCUT2D eigenvalue weighted by atomic mass is 35.5. The van der Waals surface area contributed by atoms with E-state index >= 15 is 0 Å². The summed E-state index contributed by atoms with van der Waals surface area (Å²) < 4.78 is 0. The summed E-state index contributed by atoms with van der Waals surface area (Å²) in [5.74, 6) is -0.587. The van der Waals surface area contributed by atoms with Gasteiger partial charge in [-0.3, -0.25) is 19.7 Å². The lowest BCUT2D eigenvalue weighted by Gasteiger charge is -2.32. The van der Waals surface area contributed by atoms with Gasteiger partial charge >= 0.3 is 0 Å². The van der Waals surface area contributed by atoms with E-state index in [1.54, 1.807) is 0 Å². The Kier molecular flexibility index (Phi) is 9.13. The first-order chi connectivity index (χ1) is 12.7. The van der Waals surface area contributed by atoms with Crippen LogP contribution in [0.25, 0.3) is 0 Å². The van der Waals surface area contributed by atoms with E-state index in [9.17, 15) is 19.7 Å². The van der Waals surface area contributed by atoms with Gasteiger partial charge in [0.15, 0.2) is 0 Å². The molecule has 0 radical (unpaired) electrons. The zero-order valence-electron chi connectivity index (χ0n) is 16.0. The van der Waals surface area contributed by atoms with Gasteiger partial charge in [0.1, 0.15) is 6.04 Å². The maximum atomic E-state index is 12.7. The molecular weight excluding hydrogens is 407 g/mol. The first kappa shape index (κ1) is 24.1. The van der Waals surface area contributed by atoms with Crippen LogP contribution in [0.3, 0.4) is 0 Å². The molecule has 1 saturated heterocycles. The molecule has 0 aliphatic carbocycles. The first-order valence-electron chi connectivity index (χ1n) is 8.96. The zero-order valence-corrected chi connectivity index (χ0v) is 17.6. The molecule has 0 spiro atoms. The molecule has 0 bridgehead atoms. The molecule has 1 aromatic rings. The van der Waals surface area contributed by atoms with Crippen molar-refractivity contribution in [2.75, 3.05) is 13.1 Å². The van der Waals surface area contributed by atoms with Gasteiger partial charge in [-0.15, -0.1) is 12.4 Å². The van der Waals surface area contributed by atoms with E-state index in [4.69, 9.17) is 11.6 Å². The molecule has 1 aliphatic rings. The molecule has 3 atom stereocenters. The largest absolute Gasteiger partial charge is 0.350 e. The van der Waals surface area contributed by atoms with Gasteiger partial charge in [0.25, 0.3) is 11.6 Å². The highest BCUT2D eigenvalue weighted by Gasteiger charge is 2.30. The molecule has 10 heteroatoms. The van der Waals surface area contributed by atoms with E-state index in [1.807, 2.05) is 13.8 Å². The minimum Gasteiger partial charge on any atom is -0.350 e. The second kappa shape index (κ2) is 10.6. The third-order valence-corrected chi connectivity index (χ3v) is 5.11. The van der Waals surface area contributed by atoms with Crippen molar-refractivity contribution in [1.29, 1.82) is 0 Å². The van der Waals surface area contributed by atoms with Gasteiger partial charge < -0.3 is 16.0 Å². The van der Waals surface area contributed by atoms with E-state index < -0.39 is 16.9 Å². The van der Waals surface area contributed by atoms with E-state index in [2.05, 4.69) is 22.9 Å². The van der Waals surface area contributed by atoms with Crippen LogP contribution in [-0.2, 0) is 4.79 Å². The van der Waals surface area contributed by atoms with Crippen LogP contribution in [0.4, 0.5) is 5.69 Å². The van der Waals surface area contributed by atoms with Crippen LogP contribution >= 0.6 is 24.0 Å². The summed E-state index contributed by atoms with van der Waals surface area (Å²) in [5, 5.41) is 19.7. The maximum Gasteiger partial charge on any atom is 0.270 e. The monoisotopic (exact) mass is 432 g/mol. The van der Waals surface area contributed by atoms with E-state index in [-0.39, 0.29) is 46.5 Å². The van der Waals surface area contributed by atoms with E-state index in [0.29, 0.717) is 12.5 Å². The van der Waals surface area contributed by atoms with Gasteiger partial charge in [-0.05, 0) is 30.9 Å². The number of non-ortho nitro benzene ring substituents is 1. The van der Waals surface area contributed by atoms with Crippen LogP contribution in [0.15, 0.2) is 18.2 Å². The summed E-state index contributed by atoms with van der Waals surface area (Å²) in [5.41, 5.74) is -0.109. The molecule has 1 heterocycles. The molecule has 8 nitrogen and oxygen atoms in total. The smallest absolute Gasteiger partial charge is 0.270 e. The summed E-state index contributed by atoms with van der Waals surface area (Å²) in [4.78, 5) is 35.5. The number of hydrogen-bond donors (Lipinski definition) is 3. The van der Waals surface area contributed by atoms with Crippen molar-refractivity contribution in [1.82, 2.24) is 16.0 Å². The molecule has 3 unspecified atom stereocenters. The molecule has 2 amide bonds. The number of nitrogens with zero attached hydrogens (tertiary/aromatic N) is 1. The molecule has 1 aromatic carbocycles. The van der Waals surface area contributed by atoms with Crippen molar-refractivity contribution < 1.29 is 14.5 Å². The fourth-order valence-electron chi connectivity index (χ4n) is 3.01. The fourth-order valence-corrected chi connectivity index (χ4v) is 3.27. The third-order valence-electron chi connectivity index (χ3n) is 4.80. The van der Waals surface area contributed by atoms with Crippen molar-refractivity contribution in [2.45, 2.75) is 39.3 Å². The van der Waals surface area contributed by atoms with Crippen LogP contribution in [0, 0.1) is 22.0 Å². The van der Waals surface area contributed by atoms with Crippen molar-refractivity contribution in [3.63, 3.8) is 0 Å². The molecule has 2 rings (SSSR count). The van der Waals surface area contributed by atoms with Gasteiger partial charge in [0.2, 0.25) is 5.91 Å². The van der Waals surface area contributed by atoms with Crippen molar-refractivity contribution in [3.05, 3.63) is 38.9 Å². The topological polar surface area (TPSA) is 113 Å². The molecular formula is C18H26Cl2N4O4. The Labute approximate surface area is 175 Å². The Hall–Kier alpha value is -1.90. The Balaban J connectivity index is 0.00000392. The number of nitrogens with one attached hydrogen (secondary N) is 3. The van der Waals surface area contributed by atoms with Crippen LogP contribution in [0.1, 0.15) is 37.6 Å². The average Bonchev–Trinajstić information content (AvgIpc) is 2.60. The molecule has 1 aliphatic heterocycles. The number of benzene rings is 1. The molecule has 28 heavy (non-hydrogen) atoms. The quantitative estimate of drug-likeness (QED) is 0.471. The predicted octanol–water partition coefficient (Wildman–Crippen LogP) is 2.54. The van der Waals surface area contributed by atoms with Gasteiger partial charge in [-0.1, -0.05) is 32.4 Å². The second-order valence-corrected chi connectivity index (χ2v) is 7.61. The zero-order chi connectivity index (χ0) is 20.1. The van der Waals surface area contributed by atoms with Crippen LogP contribution in [-0.4, -0.2) is 41.9 Å². The van der Waals surface area contributed by atoms with Crippen LogP contribution in [0.2, 0.25) is 5.02 Å². The van der Waals surface area contributed by atoms with Crippen LogP contribution in [0.5, 0.6) is 0 Å². The Morgan fingerprint density at radius 1 is 1.36 bits per heavy atom. The molecule has 3 N–H and O–H groups in total. The van der Waals surface area contributed by atoms with Gasteiger partial charge in [-0.2, -0.15) is 0 Å². The standard InChI is InChI=1S/C18H25ClN4O4.ClH/c1-10(2)16(18(25)21-15-9-20-7-6-11(15)3)22-17(24)13-5-4-12(23(26)27)8-14(13)19;/h4-5,8,10-11,15-16,20H,6-7,9H2,1-3H3,(H,21,25)(H,22,24);1H. The summed E-state index contributed by atoms with van der Waals surface area (Å²) >= 11 is 6.01. The van der Waals surface area contributed by atoms with E-state index in [1.165, 1.54) is 12.1 Å². The van der Waals surface area contributed by atoms with Crippen LogP contribution < -0.4 is 16.0 Å². The maximum absolute atomic E-state index is 12.7. The Morgan fingerprint density at radius 3 is 2.57 bits per heavy atom. The third kappa shape index (κ3) is 6.05. The number of amides is 2. The normalized spacial score (nSPS) is 20.0. The molecule has 1 fully saturated rings. The number of hydrogen-bond acceptors (Lipinski definition) is 5. The minimum atomic E-state index is -0.738. The highest BCUT2D eigenvalue weighted by Crippen LogP contribution is 2.23. The number of nitro benzene ring substituents is 1. The van der Waals surface area contributed by atoms with Crippen molar-refractivity contribution in [2.24, 2.45) is 11.8 Å². The number of halogens is 2. The minimum absolute atomic E-state index is 0. The number of carbonyl (C=O) groups is 2. The Bertz CT molecular complexity index is 730. The lowest BCUT2D eigenvalue weighted by molar-refractivity contribution is -0.384. The number of nitro groups is 1. The highest BCUT2D eigenvalue weighted by molar-refractivity contribution is 6.34. The number of rotatable bonds is 6. The second-order valence-electron chi connectivity index (χ2n) is 7.20. The summed E-state index contributed by atoms with van der Waals surface area (Å²) in [7, 11) is 0. The molecule has 0 aromatic heterocycles. The molecule has 156 valence electrons. The van der Waals surface area contributed by atoms with Gasteiger partial charge in [0, 0.05) is 24.7 Å².